The van der Waals surface area contributed by atoms with Gasteiger partial charge in [0.2, 0.25) is 0 Å². The largest absolute Gasteiger partial charge is 0.486 e. The summed E-state index contributed by atoms with van der Waals surface area (Å²) < 4.78 is 5.89. The van der Waals surface area contributed by atoms with Gasteiger partial charge in [-0.05, 0) is 68.3 Å². The van der Waals surface area contributed by atoms with Crippen molar-refractivity contribution in [3.8, 4) is 11.8 Å². The zero-order valence-corrected chi connectivity index (χ0v) is 17.2. The molecule has 6 heteroatoms. The Morgan fingerprint density at radius 1 is 1.17 bits per heavy atom. The maximum atomic E-state index is 12.5. The van der Waals surface area contributed by atoms with Gasteiger partial charge in [0.15, 0.2) is 0 Å². The van der Waals surface area contributed by atoms with Gasteiger partial charge in [-0.1, -0.05) is 18.2 Å². The first-order chi connectivity index (χ1) is 14.4. The molecule has 0 unspecified atom stereocenters. The van der Waals surface area contributed by atoms with E-state index in [1.807, 2.05) is 39.0 Å². The fraction of sp³-hybridized carbons (Fsp3) is 0.208. The highest BCUT2D eigenvalue weighted by molar-refractivity contribution is 5.94. The highest BCUT2D eigenvalue weighted by atomic mass is 16.5. The lowest BCUT2D eigenvalue weighted by atomic mass is 10.1. The standard InChI is InChI=1S/C24H23N3O3/c1-15-11-16(2)27-24(29)22(15)14-26-23(28)20-9-7-19(8-10-20)17(3)30-21-6-4-5-18(12-21)13-25/h4-12,17H,14H2,1-3H3,(H,26,28)(H,27,29)/t17-/m1/s1. The first-order valence-corrected chi connectivity index (χ1v) is 9.61. The van der Waals surface area contributed by atoms with Gasteiger partial charge >= 0.3 is 0 Å². The van der Waals surface area contributed by atoms with Gasteiger partial charge in [-0.25, -0.2) is 0 Å². The average molecular weight is 401 g/mol. The monoisotopic (exact) mass is 401 g/mol. The molecule has 1 heterocycles. The zero-order valence-electron chi connectivity index (χ0n) is 17.2. The molecule has 2 N–H and O–H groups in total. The van der Waals surface area contributed by atoms with Crippen LogP contribution in [0, 0.1) is 25.2 Å². The van der Waals surface area contributed by atoms with E-state index in [-0.39, 0.29) is 24.1 Å². The molecule has 0 aliphatic rings. The fourth-order valence-corrected chi connectivity index (χ4v) is 3.19. The summed E-state index contributed by atoms with van der Waals surface area (Å²) in [5, 5.41) is 11.8. The van der Waals surface area contributed by atoms with E-state index in [0.717, 1.165) is 16.8 Å². The molecule has 1 atom stereocenters. The number of rotatable bonds is 6. The van der Waals surface area contributed by atoms with Crippen molar-refractivity contribution in [1.82, 2.24) is 10.3 Å². The molecule has 0 aliphatic heterocycles. The summed E-state index contributed by atoms with van der Waals surface area (Å²) in [6.07, 6.45) is -0.246. The number of ether oxygens (including phenoxy) is 1. The number of aromatic nitrogens is 1. The molecule has 0 saturated heterocycles. The van der Waals surface area contributed by atoms with Crippen LogP contribution in [0.15, 0.2) is 59.4 Å². The van der Waals surface area contributed by atoms with E-state index in [1.54, 1.807) is 36.4 Å². The summed E-state index contributed by atoms with van der Waals surface area (Å²) in [5.41, 5.74) is 3.94. The number of nitrogens with one attached hydrogen (secondary N) is 2. The van der Waals surface area contributed by atoms with E-state index in [4.69, 9.17) is 10.00 Å². The number of aryl methyl sites for hydroxylation is 2. The Morgan fingerprint density at radius 2 is 1.90 bits per heavy atom. The molecule has 0 fully saturated rings. The van der Waals surface area contributed by atoms with Crippen molar-refractivity contribution in [1.29, 1.82) is 5.26 Å². The number of carbonyl (C=O) groups is 1. The van der Waals surface area contributed by atoms with Gasteiger partial charge in [0.1, 0.15) is 11.9 Å². The van der Waals surface area contributed by atoms with Crippen LogP contribution in [0.4, 0.5) is 0 Å². The van der Waals surface area contributed by atoms with Crippen LogP contribution >= 0.6 is 0 Å². The van der Waals surface area contributed by atoms with Crippen LogP contribution in [0.2, 0.25) is 0 Å². The van der Waals surface area contributed by atoms with E-state index >= 15 is 0 Å². The summed E-state index contributed by atoms with van der Waals surface area (Å²) in [7, 11) is 0. The van der Waals surface area contributed by atoms with Gasteiger partial charge in [0.05, 0.1) is 11.6 Å². The number of amides is 1. The zero-order chi connectivity index (χ0) is 21.7. The number of hydrogen-bond acceptors (Lipinski definition) is 4. The number of nitriles is 1. The minimum absolute atomic E-state index is 0.163. The van der Waals surface area contributed by atoms with Gasteiger partial charge in [-0.2, -0.15) is 5.26 Å². The summed E-state index contributed by atoms with van der Waals surface area (Å²) in [6, 6.07) is 18.1. The lowest BCUT2D eigenvalue weighted by molar-refractivity contribution is 0.0950. The van der Waals surface area contributed by atoms with Crippen molar-refractivity contribution in [2.45, 2.75) is 33.4 Å². The summed E-state index contributed by atoms with van der Waals surface area (Å²) in [6.45, 7) is 5.74. The number of nitrogens with zero attached hydrogens (tertiary/aromatic N) is 1. The predicted octanol–water partition coefficient (Wildman–Crippen LogP) is 3.93. The Labute approximate surface area is 175 Å². The average Bonchev–Trinajstić information content (AvgIpc) is 2.73. The number of hydrogen-bond donors (Lipinski definition) is 2. The number of benzene rings is 2. The Hall–Kier alpha value is -3.85. The third kappa shape index (κ3) is 4.95. The molecule has 0 saturated carbocycles. The van der Waals surface area contributed by atoms with Gasteiger partial charge < -0.3 is 15.0 Å². The first-order valence-electron chi connectivity index (χ1n) is 9.61. The summed E-state index contributed by atoms with van der Waals surface area (Å²) in [5.74, 6) is 0.360. The Kier molecular flexibility index (Phi) is 6.33. The van der Waals surface area contributed by atoms with Crippen LogP contribution in [0.25, 0.3) is 0 Å². The lowest BCUT2D eigenvalue weighted by Gasteiger charge is -2.15. The van der Waals surface area contributed by atoms with Crippen molar-refractivity contribution >= 4 is 5.91 Å². The van der Waals surface area contributed by atoms with Gasteiger partial charge in [0, 0.05) is 23.4 Å². The van der Waals surface area contributed by atoms with Crippen molar-refractivity contribution in [3.05, 3.63) is 98.5 Å². The fourth-order valence-electron chi connectivity index (χ4n) is 3.19. The summed E-state index contributed by atoms with van der Waals surface area (Å²) in [4.78, 5) is 27.3. The maximum absolute atomic E-state index is 12.5. The molecule has 30 heavy (non-hydrogen) atoms. The van der Waals surface area contributed by atoms with E-state index in [1.165, 1.54) is 0 Å². The molecular formula is C24H23N3O3. The second kappa shape index (κ2) is 9.10. The molecule has 2 aromatic carbocycles. The van der Waals surface area contributed by atoms with Crippen LogP contribution in [-0.2, 0) is 6.54 Å². The second-order valence-corrected chi connectivity index (χ2v) is 7.15. The van der Waals surface area contributed by atoms with Crippen LogP contribution in [0.3, 0.4) is 0 Å². The van der Waals surface area contributed by atoms with Crippen LogP contribution < -0.4 is 15.6 Å². The number of aromatic amines is 1. The van der Waals surface area contributed by atoms with Crippen LogP contribution in [0.5, 0.6) is 5.75 Å². The third-order valence-electron chi connectivity index (χ3n) is 4.84. The number of H-pyrrole nitrogens is 1. The summed E-state index contributed by atoms with van der Waals surface area (Å²) >= 11 is 0. The highest BCUT2D eigenvalue weighted by Crippen LogP contribution is 2.22. The quantitative estimate of drug-likeness (QED) is 0.654. The molecule has 3 rings (SSSR count). The smallest absolute Gasteiger partial charge is 0.253 e. The van der Waals surface area contributed by atoms with Crippen molar-refractivity contribution in [3.63, 3.8) is 0 Å². The normalized spacial score (nSPS) is 11.4. The Morgan fingerprint density at radius 3 is 2.57 bits per heavy atom. The minimum atomic E-state index is -0.254. The van der Waals surface area contributed by atoms with Gasteiger partial charge in [-0.3, -0.25) is 9.59 Å². The predicted molar refractivity (Wildman–Crippen MR) is 114 cm³/mol. The van der Waals surface area contributed by atoms with Gasteiger partial charge in [0.25, 0.3) is 11.5 Å². The van der Waals surface area contributed by atoms with E-state index in [9.17, 15) is 9.59 Å². The molecular weight excluding hydrogens is 378 g/mol. The number of carbonyl (C=O) groups excluding carboxylic acids is 1. The molecule has 1 aromatic heterocycles. The van der Waals surface area contributed by atoms with Crippen molar-refractivity contribution in [2.75, 3.05) is 0 Å². The molecule has 0 radical (unpaired) electrons. The number of pyridine rings is 1. The van der Waals surface area contributed by atoms with E-state index in [2.05, 4.69) is 16.4 Å². The SMILES string of the molecule is Cc1cc(C)c(CNC(=O)c2ccc([C@@H](C)Oc3cccc(C#N)c3)cc2)c(=O)[nH]1. The van der Waals surface area contributed by atoms with E-state index < -0.39 is 0 Å². The van der Waals surface area contributed by atoms with Crippen molar-refractivity contribution in [2.24, 2.45) is 0 Å². The van der Waals surface area contributed by atoms with Crippen LogP contribution in [0.1, 0.15) is 51.3 Å². The molecule has 152 valence electrons. The second-order valence-electron chi connectivity index (χ2n) is 7.15. The van der Waals surface area contributed by atoms with Crippen LogP contribution in [-0.4, -0.2) is 10.9 Å². The Bertz CT molecular complexity index is 1160. The lowest BCUT2D eigenvalue weighted by Crippen LogP contribution is -2.27. The highest BCUT2D eigenvalue weighted by Gasteiger charge is 2.12. The van der Waals surface area contributed by atoms with Crippen molar-refractivity contribution < 1.29 is 9.53 Å². The minimum Gasteiger partial charge on any atom is -0.486 e. The molecule has 6 nitrogen and oxygen atoms in total. The van der Waals surface area contributed by atoms with Gasteiger partial charge in [-0.15, -0.1) is 0 Å². The molecule has 3 aromatic rings. The Balaban J connectivity index is 1.64. The van der Waals surface area contributed by atoms with E-state index in [0.29, 0.717) is 22.4 Å². The first kappa shape index (κ1) is 20.9. The third-order valence-corrected chi connectivity index (χ3v) is 4.84. The maximum Gasteiger partial charge on any atom is 0.253 e. The molecule has 0 aliphatic carbocycles. The molecule has 0 bridgehead atoms. The molecule has 0 spiro atoms. The topological polar surface area (TPSA) is 95.0 Å². The molecule has 1 amide bonds.